The van der Waals surface area contributed by atoms with E-state index < -0.39 is 5.92 Å². The summed E-state index contributed by atoms with van der Waals surface area (Å²) >= 11 is 6.03. The SMILES string of the molecule is CCC(CC)C(=O)C(C#N)c1ccccc1Cl. The van der Waals surface area contributed by atoms with E-state index >= 15 is 0 Å². The molecule has 1 rings (SSSR count). The van der Waals surface area contributed by atoms with Crippen molar-refractivity contribution in [3.63, 3.8) is 0 Å². The first kappa shape index (κ1) is 13.7. The van der Waals surface area contributed by atoms with Gasteiger partial charge in [0.15, 0.2) is 5.78 Å². The van der Waals surface area contributed by atoms with Gasteiger partial charge in [-0.15, -0.1) is 0 Å². The van der Waals surface area contributed by atoms with E-state index in [1.165, 1.54) is 0 Å². The Morgan fingerprint density at radius 2 is 1.94 bits per heavy atom. The lowest BCUT2D eigenvalue weighted by atomic mass is 9.85. The number of Topliss-reactive ketones (excluding diaryl/α,β-unsaturated/α-hetero) is 1. The summed E-state index contributed by atoms with van der Waals surface area (Å²) in [6.45, 7) is 3.93. The van der Waals surface area contributed by atoms with Crippen molar-refractivity contribution in [2.45, 2.75) is 32.6 Å². The first-order valence-electron chi connectivity index (χ1n) is 5.83. The van der Waals surface area contributed by atoms with Crippen molar-refractivity contribution < 1.29 is 4.79 Å². The lowest BCUT2D eigenvalue weighted by Crippen LogP contribution is -2.20. The Labute approximate surface area is 107 Å². The Balaban J connectivity index is 3.05. The van der Waals surface area contributed by atoms with E-state index in [1.54, 1.807) is 24.3 Å². The third-order valence-electron chi connectivity index (χ3n) is 3.02. The molecule has 3 heteroatoms. The van der Waals surface area contributed by atoms with Crippen molar-refractivity contribution in [1.82, 2.24) is 0 Å². The van der Waals surface area contributed by atoms with Crippen LogP contribution in [0.15, 0.2) is 24.3 Å². The highest BCUT2D eigenvalue weighted by molar-refractivity contribution is 6.31. The minimum absolute atomic E-state index is 0.0226. The van der Waals surface area contributed by atoms with E-state index in [4.69, 9.17) is 11.6 Å². The number of carbonyl (C=O) groups is 1. The molecule has 0 saturated carbocycles. The maximum Gasteiger partial charge on any atom is 0.157 e. The number of carbonyl (C=O) groups excluding carboxylic acids is 1. The van der Waals surface area contributed by atoms with Crippen LogP contribution in [0.1, 0.15) is 38.2 Å². The summed E-state index contributed by atoms with van der Waals surface area (Å²) in [6, 6.07) is 9.12. The van der Waals surface area contributed by atoms with Gasteiger partial charge in [-0.2, -0.15) is 5.26 Å². The molecule has 0 saturated heterocycles. The lowest BCUT2D eigenvalue weighted by molar-refractivity contribution is -0.123. The van der Waals surface area contributed by atoms with Gasteiger partial charge in [0.2, 0.25) is 0 Å². The van der Waals surface area contributed by atoms with Crippen LogP contribution in [0.3, 0.4) is 0 Å². The normalized spacial score (nSPS) is 12.2. The fourth-order valence-electron chi connectivity index (χ4n) is 1.92. The Kier molecular flexibility index (Phi) is 5.18. The number of hydrogen-bond donors (Lipinski definition) is 0. The van der Waals surface area contributed by atoms with Crippen LogP contribution in [0.25, 0.3) is 0 Å². The second kappa shape index (κ2) is 6.42. The van der Waals surface area contributed by atoms with E-state index in [0.717, 1.165) is 12.8 Å². The predicted octanol–water partition coefficient (Wildman–Crippen LogP) is 3.95. The number of rotatable bonds is 5. The Morgan fingerprint density at radius 1 is 1.35 bits per heavy atom. The number of hydrogen-bond acceptors (Lipinski definition) is 2. The van der Waals surface area contributed by atoms with Gasteiger partial charge in [0.05, 0.1) is 6.07 Å². The molecule has 2 nitrogen and oxygen atoms in total. The molecule has 1 aromatic carbocycles. The Bertz CT molecular complexity index is 432. The van der Waals surface area contributed by atoms with E-state index in [9.17, 15) is 10.1 Å². The van der Waals surface area contributed by atoms with Crippen LogP contribution in [0.5, 0.6) is 0 Å². The molecule has 0 aliphatic heterocycles. The summed E-state index contributed by atoms with van der Waals surface area (Å²) in [5.74, 6) is -0.824. The maximum absolute atomic E-state index is 12.2. The smallest absolute Gasteiger partial charge is 0.157 e. The van der Waals surface area contributed by atoms with Gasteiger partial charge in [-0.1, -0.05) is 43.6 Å². The third-order valence-corrected chi connectivity index (χ3v) is 3.36. The zero-order valence-electron chi connectivity index (χ0n) is 10.1. The number of benzene rings is 1. The van der Waals surface area contributed by atoms with E-state index in [-0.39, 0.29) is 11.7 Å². The summed E-state index contributed by atoms with van der Waals surface area (Å²) < 4.78 is 0. The van der Waals surface area contributed by atoms with Crippen molar-refractivity contribution in [3.8, 4) is 6.07 Å². The average molecular weight is 250 g/mol. The predicted molar refractivity (Wildman–Crippen MR) is 68.9 cm³/mol. The second-order valence-corrected chi connectivity index (χ2v) is 4.41. The van der Waals surface area contributed by atoms with Crippen molar-refractivity contribution >= 4 is 17.4 Å². The first-order chi connectivity index (χ1) is 8.15. The molecule has 0 amide bonds. The van der Waals surface area contributed by atoms with Crippen LogP contribution in [-0.2, 0) is 4.79 Å². The maximum atomic E-state index is 12.2. The van der Waals surface area contributed by atoms with Crippen LogP contribution in [0, 0.1) is 17.2 Å². The molecule has 0 bridgehead atoms. The van der Waals surface area contributed by atoms with Gasteiger partial charge < -0.3 is 0 Å². The zero-order chi connectivity index (χ0) is 12.8. The van der Waals surface area contributed by atoms with Crippen LogP contribution < -0.4 is 0 Å². The molecule has 0 aliphatic carbocycles. The zero-order valence-corrected chi connectivity index (χ0v) is 10.9. The van der Waals surface area contributed by atoms with E-state index in [2.05, 4.69) is 6.07 Å². The van der Waals surface area contributed by atoms with Crippen molar-refractivity contribution in [3.05, 3.63) is 34.9 Å². The first-order valence-corrected chi connectivity index (χ1v) is 6.21. The second-order valence-electron chi connectivity index (χ2n) is 4.00. The largest absolute Gasteiger partial charge is 0.298 e. The topological polar surface area (TPSA) is 40.9 Å². The molecular formula is C14H16ClNO. The molecule has 0 N–H and O–H groups in total. The highest BCUT2D eigenvalue weighted by atomic mass is 35.5. The van der Waals surface area contributed by atoms with Crippen molar-refractivity contribution in [2.24, 2.45) is 5.92 Å². The molecular weight excluding hydrogens is 234 g/mol. The molecule has 1 aromatic rings. The minimum Gasteiger partial charge on any atom is -0.298 e. The minimum atomic E-state index is -0.742. The van der Waals surface area contributed by atoms with Gasteiger partial charge in [-0.05, 0) is 24.5 Å². The number of ketones is 1. The van der Waals surface area contributed by atoms with Crippen LogP contribution in [-0.4, -0.2) is 5.78 Å². The van der Waals surface area contributed by atoms with Gasteiger partial charge in [0.25, 0.3) is 0 Å². The van der Waals surface area contributed by atoms with E-state index in [1.807, 2.05) is 13.8 Å². The Morgan fingerprint density at radius 3 is 2.41 bits per heavy atom. The molecule has 0 radical (unpaired) electrons. The van der Waals surface area contributed by atoms with Crippen molar-refractivity contribution in [1.29, 1.82) is 5.26 Å². The van der Waals surface area contributed by atoms with Crippen molar-refractivity contribution in [2.75, 3.05) is 0 Å². The van der Waals surface area contributed by atoms with Crippen LogP contribution >= 0.6 is 11.6 Å². The average Bonchev–Trinajstić information content (AvgIpc) is 2.34. The van der Waals surface area contributed by atoms with E-state index in [0.29, 0.717) is 10.6 Å². The molecule has 0 spiro atoms. The molecule has 0 aromatic heterocycles. The molecule has 1 unspecified atom stereocenters. The molecule has 17 heavy (non-hydrogen) atoms. The summed E-state index contributed by atoms with van der Waals surface area (Å²) in [7, 11) is 0. The molecule has 0 heterocycles. The number of nitriles is 1. The highest BCUT2D eigenvalue weighted by Gasteiger charge is 2.27. The summed E-state index contributed by atoms with van der Waals surface area (Å²) in [4.78, 5) is 12.2. The fourth-order valence-corrected chi connectivity index (χ4v) is 2.17. The summed E-state index contributed by atoms with van der Waals surface area (Å²) in [6.07, 6.45) is 1.52. The van der Waals surface area contributed by atoms with Gasteiger partial charge in [-0.25, -0.2) is 0 Å². The molecule has 1 atom stereocenters. The number of halogens is 1. The van der Waals surface area contributed by atoms with Crippen LogP contribution in [0.4, 0.5) is 0 Å². The number of nitrogens with zero attached hydrogens (tertiary/aromatic N) is 1. The van der Waals surface area contributed by atoms with Gasteiger partial charge >= 0.3 is 0 Å². The summed E-state index contributed by atoms with van der Waals surface area (Å²) in [5, 5.41) is 9.67. The Hall–Kier alpha value is -1.33. The van der Waals surface area contributed by atoms with Gasteiger partial charge in [0, 0.05) is 10.9 Å². The lowest BCUT2D eigenvalue weighted by Gasteiger charge is -2.16. The van der Waals surface area contributed by atoms with Crippen LogP contribution in [0.2, 0.25) is 5.02 Å². The molecule has 90 valence electrons. The third kappa shape index (κ3) is 3.08. The molecule has 0 fully saturated rings. The van der Waals surface area contributed by atoms with Gasteiger partial charge in [0.1, 0.15) is 5.92 Å². The summed E-state index contributed by atoms with van der Waals surface area (Å²) in [5.41, 5.74) is 0.619. The fraction of sp³-hybridized carbons (Fsp3) is 0.429. The molecule has 0 aliphatic rings. The highest BCUT2D eigenvalue weighted by Crippen LogP contribution is 2.28. The standard InChI is InChI=1S/C14H16ClNO/c1-3-10(4-2)14(17)12(9-16)11-7-5-6-8-13(11)15/h5-8,10,12H,3-4H2,1-2H3. The monoisotopic (exact) mass is 249 g/mol. The quantitative estimate of drug-likeness (QED) is 0.793. The van der Waals surface area contributed by atoms with Gasteiger partial charge in [-0.3, -0.25) is 4.79 Å².